The number of hydrogen-bond acceptors (Lipinski definition) is 1. The molecule has 0 heterocycles. The first-order valence-electron chi connectivity index (χ1n) is 6.49. The second-order valence-corrected chi connectivity index (χ2v) is 6.14. The van der Waals surface area contributed by atoms with Crippen molar-refractivity contribution >= 4 is 11.6 Å². The third-order valence-electron chi connectivity index (χ3n) is 4.74. The molecule has 0 spiro atoms. The predicted octanol–water partition coefficient (Wildman–Crippen LogP) is 4.35. The first-order chi connectivity index (χ1) is 8.64. The summed E-state index contributed by atoms with van der Waals surface area (Å²) in [4.78, 5) is 0. The van der Waals surface area contributed by atoms with Crippen LogP contribution < -0.4 is 0 Å². The van der Waals surface area contributed by atoms with Gasteiger partial charge in [0, 0.05) is 0 Å². The number of fused-ring (bicyclic) bond motifs is 2. The zero-order chi connectivity index (χ0) is 12.8. The maximum Gasteiger partial charge on any atom is 0.145 e. The van der Waals surface area contributed by atoms with Crippen molar-refractivity contribution in [2.45, 2.75) is 32.1 Å². The van der Waals surface area contributed by atoms with Crippen molar-refractivity contribution in [1.82, 2.24) is 0 Å². The highest BCUT2D eigenvalue weighted by atomic mass is 35.5. The van der Waals surface area contributed by atoms with Crippen molar-refractivity contribution in [1.29, 1.82) is 5.26 Å². The van der Waals surface area contributed by atoms with E-state index < -0.39 is 0 Å². The largest absolute Gasteiger partial charge is 0.205 e. The number of nitrogens with zero attached hydrogens (tertiary/aromatic N) is 1. The quantitative estimate of drug-likeness (QED) is 0.778. The summed E-state index contributed by atoms with van der Waals surface area (Å²) in [6, 6.07) is 7.57. The van der Waals surface area contributed by atoms with E-state index in [0.29, 0.717) is 23.8 Å². The van der Waals surface area contributed by atoms with Crippen molar-refractivity contribution in [3.8, 4) is 6.07 Å². The maximum atomic E-state index is 14.0. The molecular weight excluding hydrogens is 249 g/mol. The number of benzene rings is 1. The fourth-order valence-electron chi connectivity index (χ4n) is 3.86. The first kappa shape index (κ1) is 12.0. The first-order valence-corrected chi connectivity index (χ1v) is 6.86. The van der Waals surface area contributed by atoms with E-state index in [2.05, 4.69) is 6.07 Å². The molecule has 0 aromatic heterocycles. The molecular formula is C15H15ClFN. The molecule has 0 aliphatic heterocycles. The Hall–Kier alpha value is -1.07. The van der Waals surface area contributed by atoms with Gasteiger partial charge < -0.3 is 0 Å². The molecule has 2 aliphatic rings. The molecule has 1 nitrogen and oxygen atoms in total. The molecule has 18 heavy (non-hydrogen) atoms. The van der Waals surface area contributed by atoms with Gasteiger partial charge in [0.15, 0.2) is 0 Å². The Bertz CT molecular complexity index is 522. The fraction of sp³-hybridized carbons (Fsp3) is 0.533. The molecule has 0 radical (unpaired) electrons. The zero-order valence-corrected chi connectivity index (χ0v) is 10.9. The molecule has 0 amide bonds. The van der Waals surface area contributed by atoms with Gasteiger partial charge in [0.2, 0.25) is 0 Å². The lowest BCUT2D eigenvalue weighted by atomic mass is 9.70. The van der Waals surface area contributed by atoms with Gasteiger partial charge in [-0.2, -0.15) is 5.26 Å². The standard InChI is InChI=1S/C15H15ClFN/c16-13-3-1-2-11(14(13)17)8-15(9-18)7-10-4-5-12(15)6-10/h1-3,10,12H,4-8H2. The highest BCUT2D eigenvalue weighted by Gasteiger charge is 2.51. The summed E-state index contributed by atoms with van der Waals surface area (Å²) in [5.41, 5.74) is 0.241. The van der Waals surface area contributed by atoms with Crippen LogP contribution in [0.3, 0.4) is 0 Å². The van der Waals surface area contributed by atoms with Crippen molar-refractivity contribution in [3.63, 3.8) is 0 Å². The van der Waals surface area contributed by atoms with Crippen LogP contribution in [0, 0.1) is 34.4 Å². The lowest BCUT2D eigenvalue weighted by molar-refractivity contribution is 0.237. The van der Waals surface area contributed by atoms with Gasteiger partial charge in [-0.25, -0.2) is 4.39 Å². The van der Waals surface area contributed by atoms with Crippen LogP contribution >= 0.6 is 11.6 Å². The summed E-state index contributed by atoms with van der Waals surface area (Å²) in [5, 5.41) is 9.71. The predicted molar refractivity (Wildman–Crippen MR) is 68.6 cm³/mol. The average molecular weight is 264 g/mol. The second-order valence-electron chi connectivity index (χ2n) is 5.74. The molecule has 3 atom stereocenters. The van der Waals surface area contributed by atoms with Crippen LogP contribution in [0.25, 0.3) is 0 Å². The minimum atomic E-state index is -0.353. The van der Waals surface area contributed by atoms with Crippen molar-refractivity contribution in [2.75, 3.05) is 0 Å². The van der Waals surface area contributed by atoms with Gasteiger partial charge in [-0.1, -0.05) is 30.2 Å². The number of halogens is 2. The van der Waals surface area contributed by atoms with Crippen LogP contribution in [0.1, 0.15) is 31.2 Å². The van der Waals surface area contributed by atoms with Crippen molar-refractivity contribution < 1.29 is 4.39 Å². The Labute approximate surface area is 112 Å². The van der Waals surface area contributed by atoms with Gasteiger partial charge >= 0.3 is 0 Å². The van der Waals surface area contributed by atoms with Crippen molar-refractivity contribution in [2.24, 2.45) is 17.3 Å². The van der Waals surface area contributed by atoms with Crippen LogP contribution in [0.5, 0.6) is 0 Å². The van der Waals surface area contributed by atoms with Gasteiger partial charge in [-0.15, -0.1) is 0 Å². The highest BCUT2D eigenvalue weighted by Crippen LogP contribution is 2.57. The Morgan fingerprint density at radius 3 is 2.89 bits per heavy atom. The van der Waals surface area contributed by atoms with Crippen LogP contribution in [0.15, 0.2) is 18.2 Å². The van der Waals surface area contributed by atoms with Gasteiger partial charge in [0.1, 0.15) is 5.82 Å². The van der Waals surface area contributed by atoms with Crippen molar-refractivity contribution in [3.05, 3.63) is 34.6 Å². The lowest BCUT2D eigenvalue weighted by Crippen LogP contribution is -2.29. The fourth-order valence-corrected chi connectivity index (χ4v) is 4.06. The molecule has 3 heteroatoms. The Balaban J connectivity index is 1.92. The molecule has 0 saturated heterocycles. The van der Waals surface area contributed by atoms with E-state index in [9.17, 15) is 9.65 Å². The SMILES string of the molecule is N#CC1(Cc2cccc(Cl)c2F)CC2CCC1C2. The van der Waals surface area contributed by atoms with Crippen LogP contribution in [-0.4, -0.2) is 0 Å². The van der Waals surface area contributed by atoms with E-state index in [4.69, 9.17) is 11.6 Å². The molecule has 1 aromatic rings. The minimum Gasteiger partial charge on any atom is -0.205 e. The summed E-state index contributed by atoms with van der Waals surface area (Å²) in [6.07, 6.45) is 4.96. The lowest BCUT2D eigenvalue weighted by Gasteiger charge is -2.31. The highest BCUT2D eigenvalue weighted by molar-refractivity contribution is 6.30. The summed E-state index contributed by atoms with van der Waals surface area (Å²) < 4.78 is 14.0. The van der Waals surface area contributed by atoms with E-state index in [1.807, 2.05) is 0 Å². The van der Waals surface area contributed by atoms with E-state index in [1.165, 1.54) is 6.42 Å². The average Bonchev–Trinajstić information content (AvgIpc) is 2.96. The minimum absolute atomic E-state index is 0.156. The topological polar surface area (TPSA) is 23.8 Å². The molecule has 2 bridgehead atoms. The maximum absolute atomic E-state index is 14.0. The third kappa shape index (κ3) is 1.73. The third-order valence-corrected chi connectivity index (χ3v) is 5.03. The Morgan fingerprint density at radius 2 is 2.28 bits per heavy atom. The van der Waals surface area contributed by atoms with Gasteiger partial charge in [-0.3, -0.25) is 0 Å². The normalized spacial score (nSPS) is 33.6. The summed E-state index contributed by atoms with van der Waals surface area (Å²) in [5.74, 6) is 0.777. The molecule has 0 N–H and O–H groups in total. The number of rotatable bonds is 2. The van der Waals surface area contributed by atoms with E-state index in [1.54, 1.807) is 18.2 Å². The van der Waals surface area contributed by atoms with E-state index in [0.717, 1.165) is 19.3 Å². The zero-order valence-electron chi connectivity index (χ0n) is 10.1. The van der Waals surface area contributed by atoms with Crippen LogP contribution in [-0.2, 0) is 6.42 Å². The monoisotopic (exact) mass is 263 g/mol. The van der Waals surface area contributed by atoms with Gasteiger partial charge in [-0.05, 0) is 49.1 Å². The summed E-state index contributed by atoms with van der Waals surface area (Å²) in [7, 11) is 0. The molecule has 2 fully saturated rings. The van der Waals surface area contributed by atoms with E-state index in [-0.39, 0.29) is 16.3 Å². The van der Waals surface area contributed by atoms with Gasteiger partial charge in [0.25, 0.3) is 0 Å². The molecule has 2 aliphatic carbocycles. The summed E-state index contributed by atoms with van der Waals surface area (Å²) in [6.45, 7) is 0. The number of hydrogen-bond donors (Lipinski definition) is 0. The Kier molecular flexibility index (Phi) is 2.83. The molecule has 94 valence electrons. The molecule has 2 saturated carbocycles. The molecule has 1 aromatic carbocycles. The van der Waals surface area contributed by atoms with Crippen LogP contribution in [0.4, 0.5) is 4.39 Å². The molecule has 3 rings (SSSR count). The summed E-state index contributed by atoms with van der Waals surface area (Å²) >= 11 is 5.81. The Morgan fingerprint density at radius 1 is 1.44 bits per heavy atom. The molecule has 3 unspecified atom stereocenters. The van der Waals surface area contributed by atoms with E-state index >= 15 is 0 Å². The van der Waals surface area contributed by atoms with Crippen LogP contribution in [0.2, 0.25) is 5.02 Å². The second kappa shape index (κ2) is 4.24. The smallest absolute Gasteiger partial charge is 0.145 e. The van der Waals surface area contributed by atoms with Gasteiger partial charge in [0.05, 0.1) is 16.5 Å². The number of nitriles is 1.